The van der Waals surface area contributed by atoms with Crippen molar-refractivity contribution in [3.63, 3.8) is 0 Å². The first kappa shape index (κ1) is 16.4. The van der Waals surface area contributed by atoms with Crippen molar-refractivity contribution < 1.29 is 5.11 Å². The van der Waals surface area contributed by atoms with Crippen molar-refractivity contribution in [2.24, 2.45) is 14.1 Å². The number of halogens is 1. The summed E-state index contributed by atoms with van der Waals surface area (Å²) < 4.78 is 3.01. The predicted molar refractivity (Wildman–Crippen MR) is 81.9 cm³/mol. The standard InChI is InChI=1S/C7H8BrNO.C7H9NO2/c1-9-3-2-6(5-8)4-7(9)10;1-8-3-2-6(5-9)4-7(8)10/h2-4H,5H2,1H3;2-4,9H,5H2,1H3. The number of alkyl halides is 1. The topological polar surface area (TPSA) is 64.2 Å². The molecule has 0 aliphatic carbocycles. The van der Waals surface area contributed by atoms with Gasteiger partial charge >= 0.3 is 0 Å². The molecule has 0 amide bonds. The van der Waals surface area contributed by atoms with Crippen LogP contribution < -0.4 is 11.1 Å². The number of aromatic nitrogens is 2. The largest absolute Gasteiger partial charge is 0.392 e. The minimum Gasteiger partial charge on any atom is -0.392 e. The van der Waals surface area contributed by atoms with E-state index in [9.17, 15) is 9.59 Å². The van der Waals surface area contributed by atoms with Crippen LogP contribution in [-0.2, 0) is 26.0 Å². The van der Waals surface area contributed by atoms with Gasteiger partial charge in [0.1, 0.15) is 0 Å². The van der Waals surface area contributed by atoms with Crippen molar-refractivity contribution in [1.82, 2.24) is 9.13 Å². The van der Waals surface area contributed by atoms with Crippen molar-refractivity contribution in [3.05, 3.63) is 68.5 Å². The third-order valence-electron chi connectivity index (χ3n) is 2.67. The third kappa shape index (κ3) is 4.79. The molecule has 0 aliphatic heterocycles. The molecule has 20 heavy (non-hydrogen) atoms. The van der Waals surface area contributed by atoms with E-state index in [1.165, 1.54) is 10.6 Å². The molecule has 5 nitrogen and oxygen atoms in total. The van der Waals surface area contributed by atoms with E-state index in [2.05, 4.69) is 15.9 Å². The van der Waals surface area contributed by atoms with E-state index in [-0.39, 0.29) is 17.7 Å². The van der Waals surface area contributed by atoms with Crippen LogP contribution in [0.25, 0.3) is 0 Å². The molecule has 2 rings (SSSR count). The highest BCUT2D eigenvalue weighted by molar-refractivity contribution is 9.08. The number of aryl methyl sites for hydroxylation is 2. The Bertz CT molecular complexity index is 617. The Balaban J connectivity index is 0.000000200. The Morgan fingerprint density at radius 3 is 1.85 bits per heavy atom. The minimum atomic E-state index is -0.0912. The van der Waals surface area contributed by atoms with Crippen molar-refractivity contribution in [2.75, 3.05) is 0 Å². The maximum absolute atomic E-state index is 10.9. The van der Waals surface area contributed by atoms with Crippen LogP contribution in [0.5, 0.6) is 0 Å². The van der Waals surface area contributed by atoms with E-state index in [1.54, 1.807) is 43.2 Å². The van der Waals surface area contributed by atoms with Crippen molar-refractivity contribution in [2.45, 2.75) is 11.9 Å². The van der Waals surface area contributed by atoms with Gasteiger partial charge in [-0.2, -0.15) is 0 Å². The number of aliphatic hydroxyl groups excluding tert-OH is 1. The SMILES string of the molecule is Cn1ccc(CBr)cc1=O.Cn1ccc(CO)cc1=O. The molecule has 108 valence electrons. The van der Waals surface area contributed by atoms with Gasteiger partial charge in [-0.15, -0.1) is 0 Å². The zero-order valence-electron chi connectivity index (χ0n) is 11.4. The molecular weight excluding hydrogens is 324 g/mol. The first-order chi connectivity index (χ1) is 9.47. The number of pyridine rings is 2. The van der Waals surface area contributed by atoms with Crippen LogP contribution in [0.15, 0.2) is 46.2 Å². The van der Waals surface area contributed by atoms with Gasteiger partial charge in [-0.1, -0.05) is 15.9 Å². The van der Waals surface area contributed by atoms with E-state index in [4.69, 9.17) is 5.11 Å². The summed E-state index contributed by atoms with van der Waals surface area (Å²) in [5.74, 6) is 0. The van der Waals surface area contributed by atoms with Crippen molar-refractivity contribution in [1.29, 1.82) is 0 Å². The van der Waals surface area contributed by atoms with Gasteiger partial charge in [-0.3, -0.25) is 9.59 Å². The number of rotatable bonds is 2. The highest BCUT2D eigenvalue weighted by Gasteiger charge is 1.92. The quantitative estimate of drug-likeness (QED) is 0.834. The van der Waals surface area contributed by atoms with Gasteiger partial charge in [0.25, 0.3) is 11.1 Å². The molecule has 0 saturated carbocycles. The van der Waals surface area contributed by atoms with E-state index in [1.807, 2.05) is 6.07 Å². The lowest BCUT2D eigenvalue weighted by Gasteiger charge is -1.96. The highest BCUT2D eigenvalue weighted by atomic mass is 79.9. The first-order valence-corrected chi connectivity index (χ1v) is 7.08. The molecule has 0 spiro atoms. The number of hydrogen-bond acceptors (Lipinski definition) is 3. The minimum absolute atomic E-state index is 0.0388. The molecule has 0 radical (unpaired) electrons. The Labute approximate surface area is 125 Å². The normalized spacial score (nSPS) is 9.80. The van der Waals surface area contributed by atoms with Gasteiger partial charge in [-0.05, 0) is 23.3 Å². The molecule has 0 bridgehead atoms. The fourth-order valence-electron chi connectivity index (χ4n) is 1.36. The monoisotopic (exact) mass is 340 g/mol. The van der Waals surface area contributed by atoms with Crippen LogP contribution in [0.4, 0.5) is 0 Å². The first-order valence-electron chi connectivity index (χ1n) is 5.96. The van der Waals surface area contributed by atoms with Crippen LogP contribution in [0.3, 0.4) is 0 Å². The molecule has 1 N–H and O–H groups in total. The molecule has 0 atom stereocenters. The van der Waals surface area contributed by atoms with Gasteiger partial charge in [-0.25, -0.2) is 0 Å². The Hall–Kier alpha value is -1.66. The average Bonchev–Trinajstić information content (AvgIpc) is 2.45. The van der Waals surface area contributed by atoms with Gasteiger partial charge in [0.2, 0.25) is 0 Å². The summed E-state index contributed by atoms with van der Waals surface area (Å²) in [4.78, 5) is 21.8. The summed E-state index contributed by atoms with van der Waals surface area (Å²) in [7, 11) is 3.41. The zero-order valence-corrected chi connectivity index (χ0v) is 13.0. The van der Waals surface area contributed by atoms with Gasteiger partial charge < -0.3 is 14.2 Å². The lowest BCUT2D eigenvalue weighted by atomic mass is 10.3. The van der Waals surface area contributed by atoms with Crippen LogP contribution >= 0.6 is 15.9 Å². The summed E-state index contributed by atoms with van der Waals surface area (Å²) in [6, 6.07) is 6.66. The van der Waals surface area contributed by atoms with Gasteiger partial charge in [0.15, 0.2) is 0 Å². The predicted octanol–water partition coefficient (Wildman–Crippen LogP) is 1.16. The number of nitrogens with zero attached hydrogens (tertiary/aromatic N) is 2. The number of aliphatic hydroxyl groups is 1. The zero-order chi connectivity index (χ0) is 15.1. The summed E-state index contributed by atoms with van der Waals surface area (Å²) in [6.07, 6.45) is 3.40. The second-order valence-electron chi connectivity index (χ2n) is 4.26. The second-order valence-corrected chi connectivity index (χ2v) is 4.82. The van der Waals surface area contributed by atoms with E-state index in [0.29, 0.717) is 5.56 Å². The lowest BCUT2D eigenvalue weighted by Crippen LogP contribution is -2.14. The van der Waals surface area contributed by atoms with E-state index < -0.39 is 0 Å². The van der Waals surface area contributed by atoms with Crippen molar-refractivity contribution >= 4 is 15.9 Å². The fraction of sp³-hybridized carbons (Fsp3) is 0.286. The Morgan fingerprint density at radius 1 is 1.00 bits per heavy atom. The second kappa shape index (κ2) is 7.81. The van der Waals surface area contributed by atoms with Crippen LogP contribution in [0, 0.1) is 0 Å². The van der Waals surface area contributed by atoms with Crippen LogP contribution in [0.1, 0.15) is 11.1 Å². The molecule has 0 unspecified atom stereocenters. The maximum atomic E-state index is 10.9. The third-order valence-corrected chi connectivity index (χ3v) is 3.32. The van der Waals surface area contributed by atoms with E-state index >= 15 is 0 Å². The van der Waals surface area contributed by atoms with Crippen LogP contribution in [-0.4, -0.2) is 14.2 Å². The Morgan fingerprint density at radius 2 is 1.45 bits per heavy atom. The summed E-state index contributed by atoms with van der Waals surface area (Å²) in [5, 5.41) is 9.34. The fourth-order valence-corrected chi connectivity index (χ4v) is 1.71. The molecule has 0 saturated heterocycles. The van der Waals surface area contributed by atoms with Crippen LogP contribution in [0.2, 0.25) is 0 Å². The molecular formula is C14H17BrN2O3. The molecule has 2 heterocycles. The average molecular weight is 341 g/mol. The smallest absolute Gasteiger partial charge is 0.250 e. The molecule has 0 aliphatic rings. The van der Waals surface area contributed by atoms with E-state index in [0.717, 1.165) is 10.9 Å². The highest BCUT2D eigenvalue weighted by Crippen LogP contribution is 1.99. The van der Waals surface area contributed by atoms with Crippen molar-refractivity contribution in [3.8, 4) is 0 Å². The lowest BCUT2D eigenvalue weighted by molar-refractivity contribution is 0.281. The van der Waals surface area contributed by atoms with Gasteiger partial charge in [0.05, 0.1) is 6.61 Å². The molecule has 0 fully saturated rings. The molecule has 6 heteroatoms. The summed E-state index contributed by atoms with van der Waals surface area (Å²) in [6.45, 7) is -0.0733. The summed E-state index contributed by atoms with van der Waals surface area (Å²) >= 11 is 3.27. The Kier molecular flexibility index (Phi) is 6.41. The summed E-state index contributed by atoms with van der Waals surface area (Å²) in [5.41, 5.74) is 1.62. The molecule has 2 aromatic heterocycles. The number of hydrogen-bond donors (Lipinski definition) is 1. The maximum Gasteiger partial charge on any atom is 0.250 e. The molecule has 2 aromatic rings. The van der Waals surface area contributed by atoms with Gasteiger partial charge in [0, 0.05) is 44.0 Å². The molecule has 0 aromatic carbocycles.